The second-order valence-corrected chi connectivity index (χ2v) is 6.90. The third kappa shape index (κ3) is 4.48. The Bertz CT molecular complexity index is 553. The molecular formula is C19H28N2O3. The SMILES string of the molecule is CC1CC(NCCC(=O)N2CCOc3ccccc3C2)CC(C)O1. The predicted molar refractivity (Wildman–Crippen MR) is 93.0 cm³/mol. The van der Waals surface area contributed by atoms with Crippen molar-refractivity contribution in [1.82, 2.24) is 10.2 Å². The normalized spacial score (nSPS) is 27.1. The van der Waals surface area contributed by atoms with Crippen LogP contribution < -0.4 is 10.1 Å². The minimum atomic E-state index is 0.191. The van der Waals surface area contributed by atoms with E-state index in [0.717, 1.165) is 30.7 Å². The van der Waals surface area contributed by atoms with Gasteiger partial charge in [-0.25, -0.2) is 0 Å². The van der Waals surface area contributed by atoms with Gasteiger partial charge >= 0.3 is 0 Å². The predicted octanol–water partition coefficient (Wildman–Crippen LogP) is 2.34. The molecule has 2 atom stereocenters. The van der Waals surface area contributed by atoms with E-state index >= 15 is 0 Å². The summed E-state index contributed by atoms with van der Waals surface area (Å²) in [5, 5.41) is 3.53. The number of rotatable bonds is 4. The Labute approximate surface area is 144 Å². The summed E-state index contributed by atoms with van der Waals surface area (Å²) in [6, 6.07) is 8.41. The Kier molecular flexibility index (Phi) is 5.74. The summed E-state index contributed by atoms with van der Waals surface area (Å²) in [7, 11) is 0. The zero-order valence-corrected chi connectivity index (χ0v) is 14.7. The summed E-state index contributed by atoms with van der Waals surface area (Å²) in [6.45, 7) is 6.81. The molecule has 2 unspecified atom stereocenters. The van der Waals surface area contributed by atoms with Gasteiger partial charge in [0.15, 0.2) is 0 Å². The van der Waals surface area contributed by atoms with Crippen LogP contribution in [0.2, 0.25) is 0 Å². The second-order valence-electron chi connectivity index (χ2n) is 6.90. The first-order valence-corrected chi connectivity index (χ1v) is 8.99. The maximum atomic E-state index is 12.5. The first-order valence-electron chi connectivity index (χ1n) is 8.99. The number of amides is 1. The lowest BCUT2D eigenvalue weighted by atomic mass is 10.00. The zero-order valence-electron chi connectivity index (χ0n) is 14.7. The highest BCUT2D eigenvalue weighted by Crippen LogP contribution is 2.23. The van der Waals surface area contributed by atoms with Gasteiger partial charge in [-0.15, -0.1) is 0 Å². The number of ether oxygens (including phenoxy) is 2. The summed E-state index contributed by atoms with van der Waals surface area (Å²) >= 11 is 0. The Balaban J connectivity index is 1.47. The van der Waals surface area contributed by atoms with E-state index in [1.807, 2.05) is 29.2 Å². The highest BCUT2D eigenvalue weighted by atomic mass is 16.5. The van der Waals surface area contributed by atoms with Crippen molar-refractivity contribution in [3.8, 4) is 5.75 Å². The van der Waals surface area contributed by atoms with Crippen LogP contribution in [0.1, 0.15) is 38.7 Å². The molecular weight excluding hydrogens is 304 g/mol. The number of para-hydroxylation sites is 1. The summed E-state index contributed by atoms with van der Waals surface area (Å²) < 4.78 is 11.5. The fraction of sp³-hybridized carbons (Fsp3) is 0.632. The van der Waals surface area contributed by atoms with Crippen LogP contribution in [-0.2, 0) is 16.1 Å². The van der Waals surface area contributed by atoms with Crippen LogP contribution in [0.15, 0.2) is 24.3 Å². The van der Waals surface area contributed by atoms with Crippen LogP contribution >= 0.6 is 0 Å². The van der Waals surface area contributed by atoms with E-state index in [1.54, 1.807) is 0 Å². The summed E-state index contributed by atoms with van der Waals surface area (Å²) in [6.07, 6.45) is 3.15. The van der Waals surface area contributed by atoms with Crippen molar-refractivity contribution in [1.29, 1.82) is 0 Å². The van der Waals surface area contributed by atoms with E-state index in [-0.39, 0.29) is 5.91 Å². The Morgan fingerprint density at radius 2 is 2.00 bits per heavy atom. The fourth-order valence-corrected chi connectivity index (χ4v) is 3.65. The number of nitrogens with one attached hydrogen (secondary N) is 1. The first kappa shape index (κ1) is 17.2. The highest BCUT2D eigenvalue weighted by molar-refractivity contribution is 5.76. The monoisotopic (exact) mass is 332 g/mol. The average Bonchev–Trinajstić information content (AvgIpc) is 2.76. The van der Waals surface area contributed by atoms with Gasteiger partial charge in [0.1, 0.15) is 12.4 Å². The molecule has 1 amide bonds. The highest BCUT2D eigenvalue weighted by Gasteiger charge is 2.24. The molecule has 2 heterocycles. The second kappa shape index (κ2) is 7.99. The lowest BCUT2D eigenvalue weighted by Crippen LogP contribution is -2.43. The van der Waals surface area contributed by atoms with Crippen LogP contribution in [0, 0.1) is 0 Å². The molecule has 1 N–H and O–H groups in total. The van der Waals surface area contributed by atoms with Gasteiger partial charge in [-0.3, -0.25) is 4.79 Å². The molecule has 1 aromatic carbocycles. The van der Waals surface area contributed by atoms with Crippen LogP contribution in [-0.4, -0.2) is 48.8 Å². The van der Waals surface area contributed by atoms with Crippen LogP contribution in [0.4, 0.5) is 0 Å². The summed E-state index contributed by atoms with van der Waals surface area (Å²) in [4.78, 5) is 14.4. The first-order chi connectivity index (χ1) is 11.6. The smallest absolute Gasteiger partial charge is 0.224 e. The summed E-state index contributed by atoms with van der Waals surface area (Å²) in [5.41, 5.74) is 1.09. The molecule has 1 aromatic rings. The number of hydrogen-bond acceptors (Lipinski definition) is 4. The lowest BCUT2D eigenvalue weighted by molar-refractivity contribution is -0.131. The van der Waals surface area contributed by atoms with Crippen molar-refractivity contribution in [2.45, 2.75) is 57.9 Å². The van der Waals surface area contributed by atoms with Crippen molar-refractivity contribution in [3.63, 3.8) is 0 Å². The molecule has 0 aliphatic carbocycles. The molecule has 1 fully saturated rings. The molecule has 5 nitrogen and oxygen atoms in total. The van der Waals surface area contributed by atoms with Crippen LogP contribution in [0.3, 0.4) is 0 Å². The maximum Gasteiger partial charge on any atom is 0.224 e. The third-order valence-corrected chi connectivity index (χ3v) is 4.77. The molecule has 24 heavy (non-hydrogen) atoms. The van der Waals surface area contributed by atoms with Gasteiger partial charge in [0.05, 0.1) is 18.8 Å². The van der Waals surface area contributed by atoms with Gasteiger partial charge in [0, 0.05) is 31.1 Å². The van der Waals surface area contributed by atoms with E-state index in [2.05, 4.69) is 19.2 Å². The quantitative estimate of drug-likeness (QED) is 0.919. The van der Waals surface area contributed by atoms with Crippen molar-refractivity contribution >= 4 is 5.91 Å². The van der Waals surface area contributed by atoms with E-state index < -0.39 is 0 Å². The van der Waals surface area contributed by atoms with Gasteiger partial charge in [0.2, 0.25) is 5.91 Å². The number of fused-ring (bicyclic) bond motifs is 1. The molecule has 0 radical (unpaired) electrons. The minimum Gasteiger partial charge on any atom is -0.491 e. The molecule has 2 aliphatic rings. The van der Waals surface area contributed by atoms with E-state index in [0.29, 0.717) is 44.4 Å². The molecule has 0 aromatic heterocycles. The molecule has 132 valence electrons. The Morgan fingerprint density at radius 3 is 2.79 bits per heavy atom. The summed E-state index contributed by atoms with van der Waals surface area (Å²) in [5.74, 6) is 1.09. The Hall–Kier alpha value is -1.59. The molecule has 2 aliphatic heterocycles. The lowest BCUT2D eigenvalue weighted by Gasteiger charge is -2.32. The van der Waals surface area contributed by atoms with Gasteiger partial charge in [-0.2, -0.15) is 0 Å². The van der Waals surface area contributed by atoms with Crippen molar-refractivity contribution < 1.29 is 14.3 Å². The average molecular weight is 332 g/mol. The minimum absolute atomic E-state index is 0.191. The standard InChI is InChI=1S/C19H28N2O3/c1-14-11-17(12-15(2)24-14)20-8-7-19(22)21-9-10-23-18-6-4-3-5-16(18)13-21/h3-6,14-15,17,20H,7-13H2,1-2H3. The number of benzene rings is 1. The van der Waals surface area contributed by atoms with Gasteiger partial charge in [-0.1, -0.05) is 18.2 Å². The van der Waals surface area contributed by atoms with E-state index in [9.17, 15) is 4.79 Å². The number of nitrogens with zero attached hydrogens (tertiary/aromatic N) is 1. The van der Waals surface area contributed by atoms with E-state index in [4.69, 9.17) is 9.47 Å². The maximum absolute atomic E-state index is 12.5. The molecule has 1 saturated heterocycles. The molecule has 0 bridgehead atoms. The number of carbonyl (C=O) groups is 1. The zero-order chi connectivity index (χ0) is 16.9. The largest absolute Gasteiger partial charge is 0.491 e. The molecule has 0 spiro atoms. The van der Waals surface area contributed by atoms with Gasteiger partial charge in [-0.05, 0) is 32.8 Å². The Morgan fingerprint density at radius 1 is 1.25 bits per heavy atom. The van der Waals surface area contributed by atoms with Gasteiger partial charge < -0.3 is 19.7 Å². The van der Waals surface area contributed by atoms with Crippen molar-refractivity contribution in [3.05, 3.63) is 29.8 Å². The fourth-order valence-electron chi connectivity index (χ4n) is 3.65. The van der Waals surface area contributed by atoms with Crippen LogP contribution in [0.25, 0.3) is 0 Å². The molecule has 3 rings (SSSR count). The van der Waals surface area contributed by atoms with Crippen molar-refractivity contribution in [2.75, 3.05) is 19.7 Å². The number of carbonyl (C=O) groups excluding carboxylic acids is 1. The molecule has 0 saturated carbocycles. The van der Waals surface area contributed by atoms with E-state index in [1.165, 1.54) is 0 Å². The molecule has 5 heteroatoms. The van der Waals surface area contributed by atoms with Crippen LogP contribution in [0.5, 0.6) is 5.75 Å². The van der Waals surface area contributed by atoms with Gasteiger partial charge in [0.25, 0.3) is 0 Å². The topological polar surface area (TPSA) is 50.8 Å². The van der Waals surface area contributed by atoms with Crippen molar-refractivity contribution in [2.24, 2.45) is 0 Å². The number of hydrogen-bond donors (Lipinski definition) is 1. The third-order valence-electron chi connectivity index (χ3n) is 4.77.